The zero-order chi connectivity index (χ0) is 51.1. The Morgan fingerprint density at radius 2 is 1.23 bits per heavy atom. The fourth-order valence-corrected chi connectivity index (χ4v) is 9.91. The Labute approximate surface area is 409 Å². The van der Waals surface area contributed by atoms with E-state index in [9.17, 15) is 53.1 Å². The third-order valence-corrected chi connectivity index (χ3v) is 13.3. The highest BCUT2D eigenvalue weighted by Gasteiger charge is 2.31. The van der Waals surface area contributed by atoms with E-state index in [1.807, 2.05) is 4.90 Å². The number of carbonyl (C=O) groups is 2. The summed E-state index contributed by atoms with van der Waals surface area (Å²) in [6.07, 6.45) is -7.48. The molecule has 17 nitrogen and oxygen atoms in total. The van der Waals surface area contributed by atoms with Crippen LogP contribution in [0.2, 0.25) is 0 Å². The normalized spacial score (nSPS) is 14.7. The molecule has 2 aliphatic heterocycles. The standard InChI is InChI=1S/C21H22F3N5O3S2.C9H7F3N2S.C9H11NO4S.C4H10N2/c22-21(23,24)11-16-10-17-19(26-13-27-20(17)33-16)29-7-5-28(6-8-29)18(30)9-14-1-3-15(4-2-14)12-34(25,31)32;1-5-7-2-6(3-9(10,11)12)15-8(7)14-4-13-5;11-9(12)5-7-1-3-8(4-2-7)6-10-15(13)14;1-2-6-4-3-5-1/h1-4,10,13H,5-9,11-12H2,(H2,25,31,32);2,4H,3H2,1H3;1-4,10H,5-6H2,(H,11,12)(H,13,14);5-6H,1-4H2/p-1. The average Bonchev–Trinajstić information content (AvgIpc) is 3.90. The highest BCUT2D eigenvalue weighted by Crippen LogP contribution is 2.34. The Bertz CT molecular complexity index is 2770. The van der Waals surface area contributed by atoms with E-state index in [1.165, 1.54) is 24.8 Å². The van der Waals surface area contributed by atoms with Crippen molar-refractivity contribution >= 4 is 82.1 Å². The lowest BCUT2D eigenvalue weighted by Crippen LogP contribution is -2.49. The van der Waals surface area contributed by atoms with Crippen LogP contribution in [0.25, 0.3) is 20.4 Å². The molecule has 0 bridgehead atoms. The predicted molar refractivity (Wildman–Crippen MR) is 254 cm³/mol. The van der Waals surface area contributed by atoms with E-state index in [-0.39, 0.29) is 40.8 Å². The van der Waals surface area contributed by atoms with Crippen LogP contribution in [0, 0.1) is 6.92 Å². The third kappa shape index (κ3) is 19.5. The summed E-state index contributed by atoms with van der Waals surface area (Å²) in [5, 5.41) is 21.3. The number of sulfonamides is 1. The fraction of sp³-hybridized carbons (Fsp3) is 0.395. The molecule has 380 valence electrons. The van der Waals surface area contributed by atoms with Gasteiger partial charge in [0.15, 0.2) is 0 Å². The maximum atomic E-state index is 12.8. The van der Waals surface area contributed by atoms with Gasteiger partial charge in [-0.3, -0.25) is 13.8 Å². The highest BCUT2D eigenvalue weighted by molar-refractivity contribution is 7.88. The Kier molecular flexibility index (Phi) is 20.5. The first-order valence-electron chi connectivity index (χ1n) is 21.2. The van der Waals surface area contributed by atoms with Gasteiger partial charge in [-0.15, -0.1) is 22.7 Å². The lowest BCUT2D eigenvalue weighted by atomic mass is 10.1. The number of piperazine rings is 2. The number of aliphatic carboxylic acids is 1. The molecule has 8 rings (SSSR count). The van der Waals surface area contributed by atoms with Crippen LogP contribution < -0.4 is 25.4 Å². The van der Waals surface area contributed by atoms with Crippen LogP contribution in [-0.2, 0) is 68.9 Å². The summed E-state index contributed by atoms with van der Waals surface area (Å²) >= 11 is -0.197. The molecule has 27 heteroatoms. The molecule has 0 saturated carbocycles. The lowest BCUT2D eigenvalue weighted by molar-refractivity contribution is -0.136. The van der Waals surface area contributed by atoms with Crippen molar-refractivity contribution in [3.8, 4) is 0 Å². The Balaban J connectivity index is 0.000000208. The number of hydrogen-bond donors (Lipinski definition) is 5. The molecule has 70 heavy (non-hydrogen) atoms. The summed E-state index contributed by atoms with van der Waals surface area (Å²) < 4.78 is 120. The van der Waals surface area contributed by atoms with Crippen LogP contribution in [0.3, 0.4) is 0 Å². The molecule has 1 unspecified atom stereocenters. The Morgan fingerprint density at radius 3 is 1.70 bits per heavy atom. The van der Waals surface area contributed by atoms with Gasteiger partial charge >= 0.3 is 18.3 Å². The molecule has 1 atom stereocenters. The van der Waals surface area contributed by atoms with Gasteiger partial charge in [0.2, 0.25) is 15.9 Å². The largest absolute Gasteiger partial charge is 0.760 e. The molecule has 0 radical (unpaired) electrons. The van der Waals surface area contributed by atoms with Crippen LogP contribution in [0.15, 0.2) is 73.3 Å². The summed E-state index contributed by atoms with van der Waals surface area (Å²) in [6, 6.07) is 16.4. The first kappa shape index (κ1) is 55.7. The van der Waals surface area contributed by atoms with Crippen molar-refractivity contribution in [2.75, 3.05) is 57.3 Å². The van der Waals surface area contributed by atoms with E-state index in [2.05, 4.69) is 35.3 Å². The molecule has 6 aromatic rings. The SMILES string of the molecule is C1CNCCN1.Cc1ncnc2sc(CC(F)(F)F)cc12.NS(=O)(=O)Cc1ccc(CC(=O)N2CCN(c3ncnc4sc(CC(F)(F)F)cc34)CC2)cc1.O=C(O)Cc1ccc(CNS(=O)[O-])cc1. The van der Waals surface area contributed by atoms with Gasteiger partial charge in [-0.25, -0.2) is 38.2 Å². The van der Waals surface area contributed by atoms with Gasteiger partial charge in [-0.05, 0) is 41.3 Å². The number of fused-ring (bicyclic) bond motifs is 2. The molecule has 2 aromatic carbocycles. The van der Waals surface area contributed by atoms with Crippen LogP contribution >= 0.6 is 22.7 Å². The molecule has 6 N–H and O–H groups in total. The molecule has 2 saturated heterocycles. The maximum Gasteiger partial charge on any atom is 0.393 e. The number of alkyl halides is 6. The van der Waals surface area contributed by atoms with Crippen molar-refractivity contribution in [3.05, 3.63) is 111 Å². The second kappa shape index (κ2) is 25.7. The number of nitrogens with zero attached hydrogens (tertiary/aromatic N) is 6. The molecule has 2 fully saturated rings. The van der Waals surface area contributed by atoms with Gasteiger partial charge in [0.05, 0.1) is 36.8 Å². The van der Waals surface area contributed by atoms with Gasteiger partial charge in [0, 0.05) is 91.0 Å². The molecule has 1 amide bonds. The number of carbonyl (C=O) groups excluding carboxylic acids is 1. The van der Waals surface area contributed by atoms with E-state index >= 15 is 0 Å². The van der Waals surface area contributed by atoms with Gasteiger partial charge in [-0.1, -0.05) is 48.5 Å². The van der Waals surface area contributed by atoms with Gasteiger partial charge in [0.1, 0.15) is 28.1 Å². The smallest absolute Gasteiger partial charge is 0.393 e. The van der Waals surface area contributed by atoms with Crippen molar-refractivity contribution in [2.45, 2.75) is 57.3 Å². The summed E-state index contributed by atoms with van der Waals surface area (Å²) in [5.74, 6) is -0.634. The topological polar surface area (TPSA) is 249 Å². The zero-order valence-electron chi connectivity index (χ0n) is 37.4. The van der Waals surface area contributed by atoms with Gasteiger partial charge in [-0.2, -0.15) is 26.3 Å². The highest BCUT2D eigenvalue weighted by atomic mass is 32.2. The van der Waals surface area contributed by atoms with Crippen molar-refractivity contribution < 1.29 is 58.2 Å². The van der Waals surface area contributed by atoms with E-state index in [1.54, 1.807) is 60.4 Å². The Hall–Kier alpha value is -5.26. The molecule has 2 aliphatic rings. The lowest BCUT2D eigenvalue weighted by Gasteiger charge is -2.35. The van der Waals surface area contributed by atoms with Gasteiger partial charge in [0.25, 0.3) is 0 Å². The number of amides is 1. The molecular formula is C43H49F6N10O7S4-. The van der Waals surface area contributed by atoms with Crippen LogP contribution in [-0.4, -0.2) is 124 Å². The Morgan fingerprint density at radius 1 is 0.757 bits per heavy atom. The molecule has 4 aromatic heterocycles. The van der Waals surface area contributed by atoms with Crippen molar-refractivity contribution in [2.24, 2.45) is 5.14 Å². The molecule has 0 aliphatic carbocycles. The summed E-state index contributed by atoms with van der Waals surface area (Å²) in [5.41, 5.74) is 3.50. The van der Waals surface area contributed by atoms with Crippen molar-refractivity contribution in [1.29, 1.82) is 0 Å². The number of rotatable bonds is 12. The van der Waals surface area contributed by atoms with E-state index in [4.69, 9.17) is 10.2 Å². The number of carboxylic acid groups (broad SMARTS) is 1. The number of hydrogen-bond acceptors (Lipinski definition) is 15. The van der Waals surface area contributed by atoms with Crippen molar-refractivity contribution in [3.63, 3.8) is 0 Å². The number of primary sulfonamides is 1. The van der Waals surface area contributed by atoms with E-state index < -0.39 is 52.5 Å². The number of benzene rings is 2. The first-order valence-corrected chi connectivity index (χ1v) is 25.6. The second-order valence-corrected chi connectivity index (χ2v) is 20.3. The van der Waals surface area contributed by atoms with Crippen molar-refractivity contribution in [1.82, 2.24) is 40.2 Å². The minimum atomic E-state index is -4.29. The minimum absolute atomic E-state index is 0.0266. The molecule has 0 spiro atoms. The zero-order valence-corrected chi connectivity index (χ0v) is 40.7. The van der Waals surface area contributed by atoms with Crippen LogP contribution in [0.1, 0.15) is 37.7 Å². The minimum Gasteiger partial charge on any atom is -0.760 e. The van der Waals surface area contributed by atoms with Gasteiger partial charge < -0.3 is 30.1 Å². The average molecular weight is 1060 g/mol. The summed E-state index contributed by atoms with van der Waals surface area (Å²) in [4.78, 5) is 44.7. The van der Waals surface area contributed by atoms with E-state index in [0.717, 1.165) is 60.0 Å². The fourth-order valence-electron chi connectivity index (χ4n) is 6.87. The van der Waals surface area contributed by atoms with Crippen LogP contribution in [0.4, 0.5) is 32.2 Å². The van der Waals surface area contributed by atoms with Crippen LogP contribution in [0.5, 0.6) is 0 Å². The number of halogens is 6. The van der Waals surface area contributed by atoms with E-state index in [0.29, 0.717) is 69.3 Å². The number of nitrogens with one attached hydrogen (secondary N) is 3. The number of thiophene rings is 2. The number of anilines is 1. The first-order chi connectivity index (χ1) is 33.0. The molecule has 6 heterocycles. The number of carboxylic acids is 1. The monoisotopic (exact) mass is 1060 g/mol. The second-order valence-electron chi connectivity index (χ2n) is 15.7. The quantitative estimate of drug-likeness (QED) is 0.0804. The predicted octanol–water partition coefficient (Wildman–Crippen LogP) is 4.96. The number of nitrogens with two attached hydrogens (primary N) is 1. The summed E-state index contributed by atoms with van der Waals surface area (Å²) in [7, 11) is -3.62. The third-order valence-electron chi connectivity index (χ3n) is 10.1. The number of aryl methyl sites for hydroxylation is 1. The molecular weight excluding hydrogens is 1010 g/mol. The maximum absolute atomic E-state index is 12.8. The summed E-state index contributed by atoms with van der Waals surface area (Å²) in [6.45, 7) is 8.42. The number of aromatic nitrogens is 4.